The van der Waals surface area contributed by atoms with Gasteiger partial charge in [0.15, 0.2) is 22.4 Å². The Balaban J connectivity index is 1.90. The van der Waals surface area contributed by atoms with Crippen molar-refractivity contribution in [3.05, 3.63) is 50.9 Å². The Morgan fingerprint density at radius 3 is 2.70 bits per heavy atom. The maximum Gasteiger partial charge on any atom is 0.257 e. The largest absolute Gasteiger partial charge is 0.493 e. The molecule has 2 heterocycles. The van der Waals surface area contributed by atoms with Gasteiger partial charge in [0.25, 0.3) is 5.56 Å². The highest BCUT2D eigenvalue weighted by Gasteiger charge is 2.38. The average Bonchev–Trinajstić information content (AvgIpc) is 2.76. The number of allylic oxidation sites excluding steroid dienone is 2. The van der Waals surface area contributed by atoms with Gasteiger partial charge in [-0.15, -0.1) is 0 Å². The lowest BCUT2D eigenvalue weighted by Gasteiger charge is -2.33. The summed E-state index contributed by atoms with van der Waals surface area (Å²) in [5, 5.41) is 3.88. The van der Waals surface area contributed by atoms with Crippen LogP contribution in [0.2, 0.25) is 0 Å². The molecule has 0 saturated carbocycles. The Labute approximate surface area is 179 Å². The molecule has 8 heteroatoms. The lowest BCUT2D eigenvalue weighted by atomic mass is 9.76. The van der Waals surface area contributed by atoms with Gasteiger partial charge in [0.2, 0.25) is 0 Å². The molecule has 0 unspecified atom stereocenters. The van der Waals surface area contributed by atoms with Gasteiger partial charge in [-0.05, 0) is 37.0 Å². The van der Waals surface area contributed by atoms with Crippen molar-refractivity contribution >= 4 is 23.4 Å². The monoisotopic (exact) mass is 427 g/mol. The number of H-pyrrole nitrogens is 1. The maximum absolute atomic E-state index is 13.2. The molecule has 2 aliphatic rings. The predicted octanol–water partition coefficient (Wildman–Crippen LogP) is 3.85. The molecule has 4 rings (SSSR count). The number of hydrogen-bond donors (Lipinski definition) is 2. The Morgan fingerprint density at radius 1 is 1.17 bits per heavy atom. The van der Waals surface area contributed by atoms with E-state index in [2.05, 4.69) is 22.2 Å². The van der Waals surface area contributed by atoms with Gasteiger partial charge < -0.3 is 19.8 Å². The van der Waals surface area contributed by atoms with E-state index in [4.69, 9.17) is 9.47 Å². The molecule has 1 atom stereocenters. The third kappa shape index (κ3) is 3.60. The van der Waals surface area contributed by atoms with Gasteiger partial charge in [0, 0.05) is 29.4 Å². The molecule has 1 aromatic carbocycles. The van der Waals surface area contributed by atoms with Crippen LogP contribution in [-0.2, 0) is 4.79 Å². The van der Waals surface area contributed by atoms with Gasteiger partial charge in [-0.3, -0.25) is 9.59 Å². The number of fused-ring (bicyclic) bond motifs is 1. The number of rotatable bonds is 6. The highest BCUT2D eigenvalue weighted by molar-refractivity contribution is 7.99. The normalized spacial score (nSPS) is 17.8. The third-order valence-electron chi connectivity index (χ3n) is 5.42. The minimum atomic E-state index is -0.495. The van der Waals surface area contributed by atoms with Crippen molar-refractivity contribution < 1.29 is 14.3 Å². The number of carbonyl (C=O) groups is 1. The zero-order chi connectivity index (χ0) is 21.3. The van der Waals surface area contributed by atoms with Gasteiger partial charge in [-0.25, -0.2) is 4.98 Å². The van der Waals surface area contributed by atoms with E-state index < -0.39 is 5.92 Å². The molecule has 0 fully saturated rings. The van der Waals surface area contributed by atoms with Crippen LogP contribution in [0.5, 0.6) is 11.5 Å². The zero-order valence-corrected chi connectivity index (χ0v) is 18.1. The number of benzene rings is 1. The number of nitrogens with zero attached hydrogens (tertiary/aromatic N) is 1. The Morgan fingerprint density at radius 2 is 1.97 bits per heavy atom. The van der Waals surface area contributed by atoms with Crippen LogP contribution in [0.3, 0.4) is 0 Å². The summed E-state index contributed by atoms with van der Waals surface area (Å²) in [6.45, 7) is 2.08. The topological polar surface area (TPSA) is 93.3 Å². The van der Waals surface area contributed by atoms with Crippen LogP contribution in [0, 0.1) is 0 Å². The average molecular weight is 428 g/mol. The first-order chi connectivity index (χ1) is 14.6. The molecular weight excluding hydrogens is 402 g/mol. The highest BCUT2D eigenvalue weighted by Crippen LogP contribution is 2.45. The summed E-state index contributed by atoms with van der Waals surface area (Å²) in [6.07, 6.45) is 3.02. The van der Waals surface area contributed by atoms with Crippen molar-refractivity contribution in [2.75, 3.05) is 25.3 Å². The number of methoxy groups -OCH3 is 2. The third-order valence-corrected chi connectivity index (χ3v) is 6.50. The predicted molar refractivity (Wildman–Crippen MR) is 117 cm³/mol. The van der Waals surface area contributed by atoms with Crippen molar-refractivity contribution in [3.8, 4) is 11.5 Å². The van der Waals surface area contributed by atoms with E-state index in [0.29, 0.717) is 40.0 Å². The van der Waals surface area contributed by atoms with E-state index in [0.717, 1.165) is 36.3 Å². The SMILES string of the molecule is CCCSc1nc2c(c(=O)[nH]1)[C@@H](c1ccc(OC)c(OC)c1)C1=C(CCCC1=O)N2. The summed E-state index contributed by atoms with van der Waals surface area (Å²) in [4.78, 5) is 33.7. The maximum atomic E-state index is 13.2. The molecular formula is C22H25N3O4S. The fourth-order valence-electron chi connectivity index (χ4n) is 4.07. The molecule has 2 N–H and O–H groups in total. The van der Waals surface area contributed by atoms with Crippen molar-refractivity contribution in [1.82, 2.24) is 9.97 Å². The van der Waals surface area contributed by atoms with E-state index in [1.807, 2.05) is 12.1 Å². The van der Waals surface area contributed by atoms with E-state index >= 15 is 0 Å². The number of ketones is 1. The minimum absolute atomic E-state index is 0.0676. The minimum Gasteiger partial charge on any atom is -0.493 e. The number of nitrogens with one attached hydrogen (secondary N) is 2. The van der Waals surface area contributed by atoms with Gasteiger partial charge in [-0.1, -0.05) is 24.8 Å². The van der Waals surface area contributed by atoms with Crippen molar-refractivity contribution in [1.29, 1.82) is 0 Å². The summed E-state index contributed by atoms with van der Waals surface area (Å²) in [7, 11) is 3.15. The van der Waals surface area contributed by atoms with Gasteiger partial charge >= 0.3 is 0 Å². The number of thioether (sulfide) groups is 1. The summed E-state index contributed by atoms with van der Waals surface area (Å²) < 4.78 is 10.8. The zero-order valence-electron chi connectivity index (χ0n) is 17.3. The molecule has 1 aliphatic heterocycles. The Bertz CT molecular complexity index is 1080. The number of carbonyl (C=O) groups excluding carboxylic acids is 1. The van der Waals surface area contributed by atoms with Crippen LogP contribution in [0.1, 0.15) is 49.7 Å². The second-order valence-corrected chi connectivity index (χ2v) is 8.41. The molecule has 2 aromatic rings. The Hall–Kier alpha value is -2.74. The van der Waals surface area contributed by atoms with E-state index in [9.17, 15) is 9.59 Å². The number of aromatic nitrogens is 2. The number of hydrogen-bond acceptors (Lipinski definition) is 7. The van der Waals surface area contributed by atoms with E-state index in [1.165, 1.54) is 11.8 Å². The lowest BCUT2D eigenvalue weighted by molar-refractivity contribution is -0.116. The second-order valence-electron chi connectivity index (χ2n) is 7.32. The van der Waals surface area contributed by atoms with Crippen molar-refractivity contribution in [3.63, 3.8) is 0 Å². The van der Waals surface area contributed by atoms with Crippen molar-refractivity contribution in [2.24, 2.45) is 0 Å². The second kappa shape index (κ2) is 8.55. The lowest BCUT2D eigenvalue weighted by Crippen LogP contribution is -2.32. The molecule has 1 aromatic heterocycles. The molecule has 0 radical (unpaired) electrons. The van der Waals surface area contributed by atoms with Crippen LogP contribution >= 0.6 is 11.8 Å². The van der Waals surface area contributed by atoms with Crippen molar-refractivity contribution in [2.45, 2.75) is 43.7 Å². The van der Waals surface area contributed by atoms with Crippen LogP contribution in [0.25, 0.3) is 0 Å². The van der Waals surface area contributed by atoms with Crippen LogP contribution in [0.4, 0.5) is 5.82 Å². The fraction of sp³-hybridized carbons (Fsp3) is 0.409. The molecule has 0 bridgehead atoms. The fourth-order valence-corrected chi connectivity index (χ4v) is 4.79. The summed E-state index contributed by atoms with van der Waals surface area (Å²) in [5.74, 6) is 2.12. The van der Waals surface area contributed by atoms with E-state index in [1.54, 1.807) is 20.3 Å². The molecule has 1 aliphatic carbocycles. The summed E-state index contributed by atoms with van der Waals surface area (Å²) in [5.41, 5.74) is 2.57. The summed E-state index contributed by atoms with van der Waals surface area (Å²) in [6, 6.07) is 5.52. The Kier molecular flexibility index (Phi) is 5.85. The number of ether oxygens (including phenoxy) is 2. The molecule has 0 saturated heterocycles. The quantitative estimate of drug-likeness (QED) is 0.534. The molecule has 158 valence electrons. The van der Waals surface area contributed by atoms with Crippen LogP contribution in [-0.4, -0.2) is 35.7 Å². The molecule has 30 heavy (non-hydrogen) atoms. The van der Waals surface area contributed by atoms with Crippen LogP contribution < -0.4 is 20.3 Å². The smallest absolute Gasteiger partial charge is 0.257 e. The standard InChI is InChI=1S/C22H25N3O4S/c1-4-10-30-22-24-20-19(21(27)25-22)17(18-13(23-20)6-5-7-14(18)26)12-8-9-15(28-2)16(11-12)29-3/h8-9,11,17H,4-7,10H2,1-3H3,(H2,23,24,25,27)/t17-/m0/s1. The molecule has 0 spiro atoms. The van der Waals surface area contributed by atoms with Gasteiger partial charge in [0.1, 0.15) is 5.82 Å². The van der Waals surface area contributed by atoms with Gasteiger partial charge in [0.05, 0.1) is 19.8 Å². The number of aromatic amines is 1. The first-order valence-electron chi connectivity index (χ1n) is 10.1. The highest BCUT2D eigenvalue weighted by atomic mass is 32.2. The number of Topliss-reactive ketones (excluding diaryl/α,β-unsaturated/α-hetero) is 1. The van der Waals surface area contributed by atoms with Crippen LogP contribution in [0.15, 0.2) is 39.4 Å². The first kappa shape index (κ1) is 20.5. The number of anilines is 1. The van der Waals surface area contributed by atoms with E-state index in [-0.39, 0.29) is 11.3 Å². The van der Waals surface area contributed by atoms with Gasteiger partial charge in [-0.2, -0.15) is 0 Å². The molecule has 0 amide bonds. The summed E-state index contributed by atoms with van der Waals surface area (Å²) >= 11 is 1.52. The molecule has 7 nitrogen and oxygen atoms in total. The first-order valence-corrected chi connectivity index (χ1v) is 11.1.